The van der Waals surface area contributed by atoms with Crippen LogP contribution in [0.2, 0.25) is 0 Å². The maximum absolute atomic E-state index is 13.8. The van der Waals surface area contributed by atoms with Crippen molar-refractivity contribution in [3.05, 3.63) is 23.8 Å². The Morgan fingerprint density at radius 2 is 2.06 bits per heavy atom. The summed E-state index contributed by atoms with van der Waals surface area (Å²) in [5.41, 5.74) is 11.0. The van der Waals surface area contributed by atoms with Crippen LogP contribution >= 0.6 is 0 Å². The number of rotatable bonds is 2. The molecule has 1 fully saturated rings. The number of amides is 1. The first-order valence-electron chi connectivity index (χ1n) is 5.82. The second-order valence-electron chi connectivity index (χ2n) is 4.41. The maximum Gasteiger partial charge on any atom is 0.240 e. The summed E-state index contributed by atoms with van der Waals surface area (Å²) in [7, 11) is 0. The molecule has 1 heterocycles. The molecule has 1 aliphatic heterocycles. The molecule has 18 heavy (non-hydrogen) atoms. The van der Waals surface area contributed by atoms with Gasteiger partial charge in [0, 0.05) is 6.54 Å². The smallest absolute Gasteiger partial charge is 0.240 e. The van der Waals surface area contributed by atoms with Gasteiger partial charge in [-0.05, 0) is 31.4 Å². The number of benzene rings is 1. The zero-order valence-electron chi connectivity index (χ0n) is 9.83. The molecule has 0 saturated carbocycles. The molecule has 6 heteroatoms. The Balaban J connectivity index is 2.46. The van der Waals surface area contributed by atoms with Crippen LogP contribution in [0.15, 0.2) is 12.1 Å². The van der Waals surface area contributed by atoms with Gasteiger partial charge in [-0.1, -0.05) is 0 Å². The van der Waals surface area contributed by atoms with Gasteiger partial charge < -0.3 is 16.4 Å². The van der Waals surface area contributed by atoms with Crippen LogP contribution in [0.5, 0.6) is 0 Å². The highest BCUT2D eigenvalue weighted by Gasteiger charge is 2.30. The number of nitrogens with two attached hydrogens (primary N) is 2. The van der Waals surface area contributed by atoms with Gasteiger partial charge in [-0.2, -0.15) is 0 Å². The molecule has 1 unspecified atom stereocenters. The summed E-state index contributed by atoms with van der Waals surface area (Å²) < 4.78 is 27.1. The van der Waals surface area contributed by atoms with Gasteiger partial charge in [-0.15, -0.1) is 0 Å². The van der Waals surface area contributed by atoms with E-state index in [1.54, 1.807) is 0 Å². The van der Waals surface area contributed by atoms with E-state index in [-0.39, 0.29) is 11.4 Å². The summed E-state index contributed by atoms with van der Waals surface area (Å²) in [5.74, 6) is -2.55. The van der Waals surface area contributed by atoms with E-state index in [1.807, 2.05) is 0 Å². The number of carbonyl (C=O) groups excluding carboxylic acids is 1. The van der Waals surface area contributed by atoms with Crippen molar-refractivity contribution in [3.63, 3.8) is 0 Å². The van der Waals surface area contributed by atoms with Gasteiger partial charge in [0.1, 0.15) is 11.7 Å². The van der Waals surface area contributed by atoms with Gasteiger partial charge in [0.25, 0.3) is 0 Å². The molecular weight excluding hydrogens is 240 g/mol. The topological polar surface area (TPSA) is 72.4 Å². The summed E-state index contributed by atoms with van der Waals surface area (Å²) in [4.78, 5) is 12.8. The lowest BCUT2D eigenvalue weighted by Crippen LogP contribution is -2.48. The van der Waals surface area contributed by atoms with Crippen molar-refractivity contribution in [1.29, 1.82) is 0 Å². The first-order valence-corrected chi connectivity index (χ1v) is 5.82. The van der Waals surface area contributed by atoms with Crippen LogP contribution in [0.1, 0.15) is 19.3 Å². The van der Waals surface area contributed by atoms with Crippen LogP contribution in [0.3, 0.4) is 0 Å². The molecule has 2 rings (SSSR count). The Morgan fingerprint density at radius 1 is 1.33 bits per heavy atom. The lowest BCUT2D eigenvalue weighted by molar-refractivity contribution is -0.119. The van der Waals surface area contributed by atoms with Crippen LogP contribution in [-0.2, 0) is 4.79 Å². The molecular formula is C12H15F2N3O. The molecule has 0 bridgehead atoms. The number of hydrogen-bond acceptors (Lipinski definition) is 3. The van der Waals surface area contributed by atoms with Crippen molar-refractivity contribution in [3.8, 4) is 0 Å². The highest BCUT2D eigenvalue weighted by atomic mass is 19.2. The van der Waals surface area contributed by atoms with Crippen molar-refractivity contribution in [1.82, 2.24) is 0 Å². The highest BCUT2D eigenvalue weighted by Crippen LogP contribution is 2.33. The quantitative estimate of drug-likeness (QED) is 0.784. The van der Waals surface area contributed by atoms with Gasteiger partial charge in [0.05, 0.1) is 5.69 Å². The molecule has 1 saturated heterocycles. The first-order chi connectivity index (χ1) is 8.52. The van der Waals surface area contributed by atoms with Crippen LogP contribution in [0.4, 0.5) is 20.2 Å². The number of piperidine rings is 1. The van der Waals surface area contributed by atoms with E-state index in [9.17, 15) is 13.6 Å². The number of primary amides is 1. The van der Waals surface area contributed by atoms with Crippen molar-refractivity contribution in [2.24, 2.45) is 5.73 Å². The first kappa shape index (κ1) is 12.6. The summed E-state index contributed by atoms with van der Waals surface area (Å²) in [6.07, 6.45) is 2.16. The largest absolute Gasteiger partial charge is 0.397 e. The Hall–Kier alpha value is -1.85. The summed E-state index contributed by atoms with van der Waals surface area (Å²) >= 11 is 0. The maximum atomic E-state index is 13.8. The molecule has 1 amide bonds. The van der Waals surface area contributed by atoms with Gasteiger partial charge in [0.15, 0.2) is 11.6 Å². The molecule has 1 aromatic rings. The van der Waals surface area contributed by atoms with Crippen LogP contribution in [-0.4, -0.2) is 18.5 Å². The van der Waals surface area contributed by atoms with Crippen LogP contribution in [0.25, 0.3) is 0 Å². The standard InChI is InChI=1S/C12H15F2N3O/c13-7-4-5-8(15)11(10(7)14)17-6-2-1-3-9(17)12(16)18/h4-5,9H,1-3,6,15H2,(H2,16,18). The molecule has 98 valence electrons. The zero-order chi connectivity index (χ0) is 13.3. The Kier molecular flexibility index (Phi) is 3.36. The molecule has 0 aromatic heterocycles. The van der Waals surface area contributed by atoms with Crippen molar-refractivity contribution < 1.29 is 13.6 Å². The van der Waals surface area contributed by atoms with E-state index in [4.69, 9.17) is 11.5 Å². The fourth-order valence-electron chi connectivity index (χ4n) is 2.34. The average Bonchev–Trinajstić information content (AvgIpc) is 2.35. The summed E-state index contributed by atoms with van der Waals surface area (Å²) in [6, 6.07) is 1.63. The second kappa shape index (κ2) is 4.80. The Morgan fingerprint density at radius 3 is 2.72 bits per heavy atom. The predicted octanol–water partition coefficient (Wildman–Crippen LogP) is 1.39. The highest BCUT2D eigenvalue weighted by molar-refractivity contribution is 5.85. The SMILES string of the molecule is NC(=O)C1CCCCN1c1c(N)ccc(F)c1F. The number of nitrogen functional groups attached to an aromatic ring is 1. The fraction of sp³-hybridized carbons (Fsp3) is 0.417. The third kappa shape index (κ3) is 2.10. The zero-order valence-corrected chi connectivity index (χ0v) is 9.83. The number of halogens is 2. The third-order valence-corrected chi connectivity index (χ3v) is 3.22. The molecule has 0 radical (unpaired) electrons. The van der Waals surface area contributed by atoms with Crippen LogP contribution in [0, 0.1) is 11.6 Å². The molecule has 4 nitrogen and oxygen atoms in total. The van der Waals surface area contributed by atoms with Crippen molar-refractivity contribution in [2.45, 2.75) is 25.3 Å². The number of nitrogens with zero attached hydrogens (tertiary/aromatic N) is 1. The predicted molar refractivity (Wildman–Crippen MR) is 64.9 cm³/mol. The van der Waals surface area contributed by atoms with Crippen molar-refractivity contribution in [2.75, 3.05) is 17.2 Å². The van der Waals surface area contributed by atoms with Gasteiger partial charge >= 0.3 is 0 Å². The van der Waals surface area contributed by atoms with E-state index < -0.39 is 23.6 Å². The third-order valence-electron chi connectivity index (χ3n) is 3.22. The average molecular weight is 255 g/mol. The lowest BCUT2D eigenvalue weighted by Gasteiger charge is -2.36. The number of carbonyl (C=O) groups is 1. The second-order valence-corrected chi connectivity index (χ2v) is 4.41. The molecule has 0 spiro atoms. The Bertz CT molecular complexity index is 479. The lowest BCUT2D eigenvalue weighted by atomic mass is 10.00. The van der Waals surface area contributed by atoms with E-state index in [1.165, 1.54) is 11.0 Å². The monoisotopic (exact) mass is 255 g/mol. The normalized spacial score (nSPS) is 19.9. The van der Waals surface area contributed by atoms with E-state index in [0.717, 1.165) is 18.9 Å². The summed E-state index contributed by atoms with van der Waals surface area (Å²) in [6.45, 7) is 0.443. The van der Waals surface area contributed by atoms with Gasteiger partial charge in [-0.3, -0.25) is 4.79 Å². The van der Waals surface area contributed by atoms with E-state index in [2.05, 4.69) is 0 Å². The number of anilines is 2. The molecule has 0 aliphatic carbocycles. The minimum absolute atomic E-state index is 0.0569. The van der Waals surface area contributed by atoms with Gasteiger partial charge in [0.2, 0.25) is 5.91 Å². The summed E-state index contributed by atoms with van der Waals surface area (Å²) in [5, 5.41) is 0. The molecule has 4 N–H and O–H groups in total. The molecule has 1 atom stereocenters. The Labute approximate surface area is 104 Å². The molecule has 1 aromatic carbocycles. The van der Waals surface area contributed by atoms with Crippen LogP contribution < -0.4 is 16.4 Å². The molecule has 1 aliphatic rings. The minimum Gasteiger partial charge on any atom is -0.397 e. The van der Waals surface area contributed by atoms with Crippen molar-refractivity contribution >= 4 is 17.3 Å². The van der Waals surface area contributed by atoms with E-state index >= 15 is 0 Å². The number of hydrogen-bond donors (Lipinski definition) is 2. The fourth-order valence-corrected chi connectivity index (χ4v) is 2.34. The minimum atomic E-state index is -1.02. The van der Waals surface area contributed by atoms with Gasteiger partial charge in [-0.25, -0.2) is 8.78 Å². The van der Waals surface area contributed by atoms with E-state index in [0.29, 0.717) is 13.0 Å².